The summed E-state index contributed by atoms with van der Waals surface area (Å²) in [4.78, 5) is 0. The van der Waals surface area contributed by atoms with Crippen molar-refractivity contribution in [3.8, 4) is 112 Å². The van der Waals surface area contributed by atoms with Crippen LogP contribution in [0.1, 0.15) is 0 Å². The van der Waals surface area contributed by atoms with Gasteiger partial charge in [-0.1, -0.05) is 406 Å². The highest BCUT2D eigenvalue weighted by atomic mass is 32.1. The number of hydrogen-bond acceptors (Lipinski definition) is 3. The van der Waals surface area contributed by atoms with E-state index in [1.807, 2.05) is 34.0 Å². The number of aromatic nitrogens is 6. The predicted octanol–water partition coefficient (Wildman–Crippen LogP) is 39.0. The molecule has 0 saturated heterocycles. The van der Waals surface area contributed by atoms with Gasteiger partial charge in [0.15, 0.2) is 0 Å². The average Bonchev–Trinajstić information content (AvgIpc) is 1.53. The molecule has 0 unspecified atom stereocenters. The first-order valence-corrected chi connectivity index (χ1v) is 52.6. The fraction of sp³-hybridized carbons (Fsp3) is 0. The third kappa shape index (κ3) is 14.0. The van der Waals surface area contributed by atoms with E-state index >= 15 is 0 Å². The van der Waals surface area contributed by atoms with Crippen LogP contribution in [0.25, 0.3) is 271 Å². The molecule has 0 aliphatic carbocycles. The molecule has 0 fully saturated rings. The lowest BCUT2D eigenvalue weighted by atomic mass is 10.00. The van der Waals surface area contributed by atoms with Gasteiger partial charge in [-0.15, -0.1) is 34.0 Å². The van der Waals surface area contributed by atoms with Gasteiger partial charge in [0, 0.05) is 133 Å². The van der Waals surface area contributed by atoms with Gasteiger partial charge in [0.2, 0.25) is 0 Å². The molecule has 9 heterocycles. The molecule has 9 heteroatoms. The third-order valence-electron chi connectivity index (χ3n) is 29.8. The molecule has 0 amide bonds. The van der Waals surface area contributed by atoms with Crippen LogP contribution in [0.5, 0.6) is 0 Å². The van der Waals surface area contributed by atoms with E-state index in [1.165, 1.54) is 243 Å². The van der Waals surface area contributed by atoms with Crippen molar-refractivity contribution in [2.45, 2.75) is 0 Å². The summed E-state index contributed by atoms with van der Waals surface area (Å²) in [5, 5.41) is 19.2. The third-order valence-corrected chi connectivity index (χ3v) is 33.6. The van der Waals surface area contributed by atoms with Crippen LogP contribution < -0.4 is 0 Å². The Morgan fingerprint density at radius 2 is 0.374 bits per heavy atom. The summed E-state index contributed by atoms with van der Waals surface area (Å²) in [5.74, 6) is 0. The molecule has 31 rings (SSSR count). The van der Waals surface area contributed by atoms with Crippen LogP contribution in [0, 0.1) is 0 Å². The molecular formula is C138H88N6S3. The van der Waals surface area contributed by atoms with Crippen LogP contribution in [0.15, 0.2) is 534 Å². The largest absolute Gasteiger partial charge is 0.309 e. The average molecular weight is 1930 g/mol. The number of nitrogens with zero attached hydrogens (tertiary/aromatic N) is 6. The Morgan fingerprint density at radius 1 is 0.129 bits per heavy atom. The Labute approximate surface area is 859 Å². The zero-order valence-electron chi connectivity index (χ0n) is 79.7. The lowest BCUT2D eigenvalue weighted by Gasteiger charge is -2.12. The molecule has 688 valence electrons. The van der Waals surface area contributed by atoms with Gasteiger partial charge in [-0.25, -0.2) is 0 Å². The fourth-order valence-corrected chi connectivity index (χ4v) is 27.3. The van der Waals surface area contributed by atoms with Crippen molar-refractivity contribution in [2.75, 3.05) is 0 Å². The Morgan fingerprint density at radius 3 is 0.735 bits per heavy atom. The standard InChI is InChI=1S/C50H32N2S.2C44H28N2S/c1-4-14-33(15-5-1)38-21-12-23-42-43-24-13-22-39(50(43)53-49(38)42)34-26-28-37(29-27-34)52-45-25-11-10-20-40(45)41-30-31-46-44(48(41)52)32-47(35-16-6-2-7-17-35)51(46)36-18-8-3-9-19-36;1-4-14-29(15-5-1)32-21-12-22-35-36-23-13-25-40(44(36)47-43(32)35)46-38-24-11-10-20-33(38)34-26-27-39-37(42(34)46)28-41(30-16-6-2-7-17-30)45(39)31-18-8-3-9-19-31;1-3-12-30(13-4-1)41-28-38-40(45(41)31-14-5-2-6-15-31)27-26-36-34-16-7-9-20-39(34)46(43(36)38)32-24-22-29(23-25-32)33-18-11-19-37-35-17-8-10-21-42(35)47-44(33)37/h1-32H;2*1-28H. The summed E-state index contributed by atoms with van der Waals surface area (Å²) in [6.45, 7) is 0. The molecule has 0 radical (unpaired) electrons. The second-order valence-electron chi connectivity index (χ2n) is 38.0. The molecular weight excluding hydrogens is 1840 g/mol. The highest BCUT2D eigenvalue weighted by Gasteiger charge is 2.28. The molecule has 22 aromatic carbocycles. The Kier molecular flexibility index (Phi) is 20.5. The number of thiophene rings is 3. The van der Waals surface area contributed by atoms with Crippen LogP contribution in [0.3, 0.4) is 0 Å². The predicted molar refractivity (Wildman–Crippen MR) is 630 cm³/mol. The molecule has 6 nitrogen and oxygen atoms in total. The quantitative estimate of drug-likeness (QED) is 0.110. The minimum atomic E-state index is 1.15. The minimum absolute atomic E-state index is 1.15. The fourth-order valence-electron chi connectivity index (χ4n) is 23.3. The summed E-state index contributed by atoms with van der Waals surface area (Å²) in [7, 11) is 0. The minimum Gasteiger partial charge on any atom is -0.309 e. The van der Waals surface area contributed by atoms with E-state index in [0.717, 1.165) is 28.4 Å². The van der Waals surface area contributed by atoms with E-state index in [2.05, 4.69) is 561 Å². The van der Waals surface area contributed by atoms with Crippen LogP contribution in [0.2, 0.25) is 0 Å². The number of para-hydroxylation sites is 6. The number of rotatable bonds is 13. The lowest BCUT2D eigenvalue weighted by molar-refractivity contribution is 1.13. The van der Waals surface area contributed by atoms with Crippen LogP contribution in [-0.4, -0.2) is 27.4 Å². The van der Waals surface area contributed by atoms with Gasteiger partial charge in [0.1, 0.15) is 0 Å². The van der Waals surface area contributed by atoms with E-state index in [4.69, 9.17) is 0 Å². The van der Waals surface area contributed by atoms with Crippen LogP contribution in [-0.2, 0) is 0 Å². The highest BCUT2D eigenvalue weighted by molar-refractivity contribution is 7.27. The molecule has 9 aromatic heterocycles. The molecule has 0 saturated carbocycles. The molecule has 147 heavy (non-hydrogen) atoms. The van der Waals surface area contributed by atoms with Crippen molar-refractivity contribution in [1.82, 2.24) is 27.4 Å². The van der Waals surface area contributed by atoms with E-state index in [-0.39, 0.29) is 0 Å². The van der Waals surface area contributed by atoms with Gasteiger partial charge in [-0.05, 0) is 189 Å². The van der Waals surface area contributed by atoms with Gasteiger partial charge in [-0.2, -0.15) is 0 Å². The maximum absolute atomic E-state index is 2.52. The first-order valence-electron chi connectivity index (χ1n) is 50.2. The molecule has 31 aromatic rings. The first-order chi connectivity index (χ1) is 73.0. The van der Waals surface area contributed by atoms with Gasteiger partial charge in [0.25, 0.3) is 0 Å². The summed E-state index contributed by atoms with van der Waals surface area (Å²) in [5.41, 5.74) is 35.1. The number of benzene rings is 22. The van der Waals surface area contributed by atoms with Gasteiger partial charge >= 0.3 is 0 Å². The van der Waals surface area contributed by atoms with Crippen molar-refractivity contribution < 1.29 is 0 Å². The van der Waals surface area contributed by atoms with E-state index in [0.29, 0.717) is 0 Å². The summed E-state index contributed by atoms with van der Waals surface area (Å²) >= 11 is 5.69. The van der Waals surface area contributed by atoms with Gasteiger partial charge in [0.05, 0.1) is 77.1 Å². The summed E-state index contributed by atoms with van der Waals surface area (Å²) in [6, 6.07) is 194. The van der Waals surface area contributed by atoms with Crippen molar-refractivity contribution in [3.63, 3.8) is 0 Å². The maximum atomic E-state index is 2.52. The zero-order chi connectivity index (χ0) is 96.7. The van der Waals surface area contributed by atoms with Crippen LogP contribution >= 0.6 is 34.0 Å². The molecule has 0 aliphatic heterocycles. The summed E-state index contributed by atoms with van der Waals surface area (Å²) < 4.78 is 22.6. The van der Waals surface area contributed by atoms with E-state index < -0.39 is 0 Å². The SMILES string of the molecule is c1ccc(-c2cc3c(ccc4c5ccccc5n(-c5ccc(-c6cccc7c6sc6ccccc67)cc5)c43)n2-c2ccccc2)cc1.c1ccc(-c2cccc3c2sc2c(-c4ccc(-n5c6ccccc6c6ccc7c(cc(-c8ccccc8)n7-c7ccccc7)c65)cc4)cccc23)cc1.c1ccc(-c2cccc3c2sc2c(-n4c5ccccc5c5ccc6c(cc(-c7ccccc7)n6-c6ccccc6)c54)cccc23)cc1. The van der Waals surface area contributed by atoms with Crippen molar-refractivity contribution in [1.29, 1.82) is 0 Å². The first kappa shape index (κ1) is 85.3. The van der Waals surface area contributed by atoms with Crippen molar-refractivity contribution in [2.24, 2.45) is 0 Å². The van der Waals surface area contributed by atoms with Crippen molar-refractivity contribution in [3.05, 3.63) is 534 Å². The second kappa shape index (κ2) is 35.3. The van der Waals surface area contributed by atoms with E-state index in [9.17, 15) is 0 Å². The smallest absolute Gasteiger partial charge is 0.0641 e. The molecule has 0 atom stereocenters. The van der Waals surface area contributed by atoms with Gasteiger partial charge in [-0.3, -0.25) is 0 Å². The van der Waals surface area contributed by atoms with Crippen molar-refractivity contribution >= 4 is 193 Å². The van der Waals surface area contributed by atoms with Crippen LogP contribution in [0.4, 0.5) is 0 Å². The molecule has 0 bridgehead atoms. The topological polar surface area (TPSA) is 29.6 Å². The van der Waals surface area contributed by atoms with Gasteiger partial charge < -0.3 is 27.4 Å². The lowest BCUT2D eigenvalue weighted by Crippen LogP contribution is -1.97. The molecule has 0 N–H and O–H groups in total. The monoisotopic (exact) mass is 1920 g/mol. The Balaban J connectivity index is 0.000000104. The zero-order valence-corrected chi connectivity index (χ0v) is 82.2. The maximum Gasteiger partial charge on any atom is 0.0641 e. The molecule has 0 aliphatic rings. The molecule has 0 spiro atoms. The van der Waals surface area contributed by atoms with E-state index in [1.54, 1.807) is 0 Å². The Bertz CT molecular complexity index is 10600. The normalized spacial score (nSPS) is 11.8. The second-order valence-corrected chi connectivity index (χ2v) is 41.0. The number of fused-ring (bicyclic) bond motifs is 24. The Hall–Kier alpha value is -18.5. The highest BCUT2D eigenvalue weighted by Crippen LogP contribution is 2.52. The summed E-state index contributed by atoms with van der Waals surface area (Å²) in [6.07, 6.45) is 0. The number of hydrogen-bond donors (Lipinski definition) is 0.